The molecule has 1 aliphatic rings. The predicted molar refractivity (Wildman–Crippen MR) is 83.3 cm³/mol. The second-order valence-corrected chi connectivity index (χ2v) is 6.07. The van der Waals surface area contributed by atoms with E-state index < -0.39 is 0 Å². The molecule has 0 bridgehead atoms. The molecule has 0 aromatic carbocycles. The van der Waals surface area contributed by atoms with Gasteiger partial charge in [0.05, 0.1) is 18.1 Å². The maximum absolute atomic E-state index is 12.3. The van der Waals surface area contributed by atoms with Gasteiger partial charge in [0.15, 0.2) is 0 Å². The van der Waals surface area contributed by atoms with E-state index in [9.17, 15) is 9.59 Å². The number of aromatic nitrogens is 1. The summed E-state index contributed by atoms with van der Waals surface area (Å²) in [5.41, 5.74) is 1.13. The van der Waals surface area contributed by atoms with Gasteiger partial charge in [0, 0.05) is 31.5 Å². The Morgan fingerprint density at radius 3 is 2.77 bits per heavy atom. The molecule has 122 valence electrons. The fourth-order valence-electron chi connectivity index (χ4n) is 2.63. The van der Waals surface area contributed by atoms with E-state index in [1.807, 2.05) is 39.1 Å². The Balaban J connectivity index is 1.87. The third-order valence-corrected chi connectivity index (χ3v) is 3.92. The van der Waals surface area contributed by atoms with Crippen LogP contribution < -0.4 is 5.32 Å². The summed E-state index contributed by atoms with van der Waals surface area (Å²) in [6.45, 7) is 9.15. The van der Waals surface area contributed by atoms with Gasteiger partial charge in [0.2, 0.25) is 0 Å². The summed E-state index contributed by atoms with van der Waals surface area (Å²) in [5, 5.41) is 2.84. The number of fused-ring (bicyclic) bond motifs is 1. The highest BCUT2D eigenvalue weighted by atomic mass is 16.5. The smallest absolute Gasteiger partial charge is 0.318 e. The summed E-state index contributed by atoms with van der Waals surface area (Å²) in [4.78, 5) is 25.9. The second kappa shape index (κ2) is 6.85. The maximum Gasteiger partial charge on any atom is 0.318 e. The summed E-state index contributed by atoms with van der Waals surface area (Å²) in [5.74, 6) is -0.633. The van der Waals surface area contributed by atoms with E-state index in [4.69, 9.17) is 4.74 Å². The normalized spacial score (nSPS) is 18.8. The van der Waals surface area contributed by atoms with Crippen molar-refractivity contribution in [2.75, 3.05) is 13.1 Å². The number of nitrogens with one attached hydrogen (secondary N) is 1. The van der Waals surface area contributed by atoms with Crippen molar-refractivity contribution in [2.45, 2.75) is 46.4 Å². The van der Waals surface area contributed by atoms with Gasteiger partial charge < -0.3 is 19.5 Å². The third-order valence-electron chi connectivity index (χ3n) is 3.92. The predicted octanol–water partition coefficient (Wildman–Crippen LogP) is 2.16. The van der Waals surface area contributed by atoms with Crippen molar-refractivity contribution >= 4 is 12.0 Å². The molecule has 2 atom stereocenters. The van der Waals surface area contributed by atoms with E-state index in [1.54, 1.807) is 11.8 Å². The zero-order valence-electron chi connectivity index (χ0n) is 13.7. The summed E-state index contributed by atoms with van der Waals surface area (Å²) < 4.78 is 7.30. The molecule has 1 aromatic heterocycles. The van der Waals surface area contributed by atoms with Crippen LogP contribution in [0.4, 0.5) is 4.79 Å². The van der Waals surface area contributed by atoms with Crippen molar-refractivity contribution < 1.29 is 14.3 Å². The van der Waals surface area contributed by atoms with Gasteiger partial charge in [-0.1, -0.05) is 6.92 Å². The molecular formula is C16H25N3O3. The molecule has 0 spiro atoms. The summed E-state index contributed by atoms with van der Waals surface area (Å²) >= 11 is 0. The van der Waals surface area contributed by atoms with Crippen LogP contribution in [0.2, 0.25) is 0 Å². The molecule has 0 fully saturated rings. The van der Waals surface area contributed by atoms with E-state index in [2.05, 4.69) is 9.88 Å². The maximum atomic E-state index is 12.3. The minimum Gasteiger partial charge on any atom is -0.463 e. The lowest BCUT2D eigenvalue weighted by molar-refractivity contribution is -0.151. The monoisotopic (exact) mass is 307 g/mol. The number of rotatable bonds is 4. The molecule has 1 aromatic rings. The van der Waals surface area contributed by atoms with E-state index in [-0.39, 0.29) is 36.6 Å². The van der Waals surface area contributed by atoms with E-state index in [1.165, 1.54) is 0 Å². The van der Waals surface area contributed by atoms with Gasteiger partial charge in [-0.3, -0.25) is 4.79 Å². The van der Waals surface area contributed by atoms with Gasteiger partial charge in [-0.2, -0.15) is 0 Å². The number of carbonyl (C=O) groups excluding carboxylic acids is 2. The Morgan fingerprint density at radius 1 is 1.36 bits per heavy atom. The minimum atomic E-state index is -0.352. The van der Waals surface area contributed by atoms with Crippen LogP contribution in [0.3, 0.4) is 0 Å². The molecule has 6 heteroatoms. The van der Waals surface area contributed by atoms with Gasteiger partial charge in [-0.05, 0) is 32.9 Å². The summed E-state index contributed by atoms with van der Waals surface area (Å²) in [7, 11) is 0. The fourth-order valence-corrected chi connectivity index (χ4v) is 2.63. The Labute approximate surface area is 131 Å². The first-order valence-electron chi connectivity index (χ1n) is 7.80. The molecule has 0 aliphatic carbocycles. The molecule has 0 radical (unpaired) electrons. The number of hydrogen-bond acceptors (Lipinski definition) is 3. The Kier molecular flexibility index (Phi) is 5.11. The van der Waals surface area contributed by atoms with Crippen LogP contribution in [-0.2, 0) is 16.1 Å². The lowest BCUT2D eigenvalue weighted by Crippen LogP contribution is -2.47. The quantitative estimate of drug-likeness (QED) is 0.867. The fraction of sp³-hybridized carbons (Fsp3) is 0.625. The van der Waals surface area contributed by atoms with Crippen LogP contribution in [0.15, 0.2) is 18.3 Å². The molecule has 2 amide bonds. The van der Waals surface area contributed by atoms with Gasteiger partial charge in [-0.15, -0.1) is 0 Å². The van der Waals surface area contributed by atoms with Gasteiger partial charge >= 0.3 is 12.0 Å². The van der Waals surface area contributed by atoms with Crippen LogP contribution in [0.1, 0.15) is 39.4 Å². The summed E-state index contributed by atoms with van der Waals surface area (Å²) in [6.07, 6.45) is 1.89. The average molecular weight is 307 g/mol. The van der Waals surface area contributed by atoms with Gasteiger partial charge in [0.1, 0.15) is 0 Å². The first-order valence-corrected chi connectivity index (χ1v) is 7.80. The second-order valence-electron chi connectivity index (χ2n) is 6.07. The number of esters is 1. The van der Waals surface area contributed by atoms with Crippen molar-refractivity contribution in [1.82, 2.24) is 14.8 Å². The molecule has 0 saturated heterocycles. The van der Waals surface area contributed by atoms with Crippen LogP contribution in [-0.4, -0.2) is 40.7 Å². The van der Waals surface area contributed by atoms with Crippen LogP contribution in [0.25, 0.3) is 0 Å². The highest BCUT2D eigenvalue weighted by Gasteiger charge is 2.28. The highest BCUT2D eigenvalue weighted by Crippen LogP contribution is 2.25. The number of hydrogen-bond donors (Lipinski definition) is 1. The lowest BCUT2D eigenvalue weighted by atomic mass is 10.1. The van der Waals surface area contributed by atoms with E-state index in [0.29, 0.717) is 6.54 Å². The molecule has 6 nitrogen and oxygen atoms in total. The molecule has 2 heterocycles. The van der Waals surface area contributed by atoms with Crippen LogP contribution in [0.5, 0.6) is 0 Å². The SMILES string of the molecule is CC(C)OC(=O)[C@H](C)CNC(=O)N1CCn2cccc2[C@H]1C. The Hall–Kier alpha value is -1.98. The molecule has 0 unspecified atom stereocenters. The molecule has 22 heavy (non-hydrogen) atoms. The first kappa shape index (κ1) is 16.4. The highest BCUT2D eigenvalue weighted by molar-refractivity contribution is 5.77. The zero-order valence-corrected chi connectivity index (χ0v) is 13.7. The van der Waals surface area contributed by atoms with Crippen molar-refractivity contribution in [3.05, 3.63) is 24.0 Å². The largest absolute Gasteiger partial charge is 0.463 e. The molecule has 1 aliphatic heterocycles. The Bertz CT molecular complexity index is 538. The Morgan fingerprint density at radius 2 is 2.09 bits per heavy atom. The van der Waals surface area contributed by atoms with Crippen LogP contribution in [0, 0.1) is 5.92 Å². The van der Waals surface area contributed by atoms with E-state index >= 15 is 0 Å². The average Bonchev–Trinajstić information content (AvgIpc) is 2.93. The van der Waals surface area contributed by atoms with Crippen molar-refractivity contribution in [3.8, 4) is 0 Å². The zero-order chi connectivity index (χ0) is 16.3. The first-order chi connectivity index (χ1) is 10.4. The van der Waals surface area contributed by atoms with Crippen LogP contribution >= 0.6 is 0 Å². The van der Waals surface area contributed by atoms with Crippen molar-refractivity contribution in [3.63, 3.8) is 0 Å². The van der Waals surface area contributed by atoms with Gasteiger partial charge in [0.25, 0.3) is 0 Å². The van der Waals surface area contributed by atoms with E-state index in [0.717, 1.165) is 12.2 Å². The number of urea groups is 1. The van der Waals surface area contributed by atoms with Crippen molar-refractivity contribution in [1.29, 1.82) is 0 Å². The number of ether oxygens (including phenoxy) is 1. The lowest BCUT2D eigenvalue weighted by Gasteiger charge is -2.35. The van der Waals surface area contributed by atoms with Crippen molar-refractivity contribution in [2.24, 2.45) is 5.92 Å². The molecule has 2 rings (SSSR count). The molecular weight excluding hydrogens is 282 g/mol. The molecule has 0 saturated carbocycles. The third kappa shape index (κ3) is 3.61. The van der Waals surface area contributed by atoms with Gasteiger partial charge in [-0.25, -0.2) is 4.79 Å². The standard InChI is InChI=1S/C16H25N3O3/c1-11(2)22-15(20)12(3)10-17-16(21)19-9-8-18-7-5-6-14(18)13(19)4/h5-7,11-13H,8-10H2,1-4H3,(H,17,21)/t12-,13-/m1/s1. The number of amides is 2. The molecule has 1 N–H and O–H groups in total. The topological polar surface area (TPSA) is 63.6 Å². The minimum absolute atomic E-state index is 0.0293. The number of carbonyl (C=O) groups is 2. The summed E-state index contributed by atoms with van der Waals surface area (Å²) in [6, 6.07) is 3.93. The number of nitrogens with zero attached hydrogens (tertiary/aromatic N) is 2.